The maximum Gasteiger partial charge on any atom is 0.166 e. The summed E-state index contributed by atoms with van der Waals surface area (Å²) in [7, 11) is 0. The quantitative estimate of drug-likeness (QED) is 0.236. The Morgan fingerprint density at radius 3 is 1.74 bits per heavy atom. The van der Waals surface area contributed by atoms with Gasteiger partial charge in [-0.25, -0.2) is 19.9 Å². The standard InChI is InChI=1S/C34H23N5/c1-4-14-24(15-5-1)31-36-32(25-16-6-2-7-17-25)38-33(37-31)27-20-10-12-22-29(27)39-30-23-13-11-21-28(30)35-34(39)26-18-8-3-9-19-26/h1-23H/i1D,2D,4D,5D,6D,7D,14D,15D,16D,17D. The molecule has 0 atom stereocenters. The van der Waals surface area contributed by atoms with Crippen LogP contribution >= 0.6 is 0 Å². The number of para-hydroxylation sites is 3. The van der Waals surface area contributed by atoms with Gasteiger partial charge in [0.25, 0.3) is 0 Å². The molecule has 0 fully saturated rings. The fourth-order valence-corrected chi connectivity index (χ4v) is 4.35. The highest BCUT2D eigenvalue weighted by Gasteiger charge is 2.20. The van der Waals surface area contributed by atoms with Crippen LogP contribution < -0.4 is 0 Å². The van der Waals surface area contributed by atoms with Crippen LogP contribution in [0.2, 0.25) is 0 Å². The lowest BCUT2D eigenvalue weighted by Gasteiger charge is -2.15. The van der Waals surface area contributed by atoms with Gasteiger partial charge in [0.1, 0.15) is 5.82 Å². The number of aromatic nitrogens is 5. The van der Waals surface area contributed by atoms with Gasteiger partial charge >= 0.3 is 0 Å². The molecule has 2 aromatic heterocycles. The van der Waals surface area contributed by atoms with E-state index in [1.54, 1.807) is 12.1 Å². The highest BCUT2D eigenvalue weighted by Crippen LogP contribution is 2.34. The van der Waals surface area contributed by atoms with Gasteiger partial charge < -0.3 is 0 Å². The third kappa shape index (κ3) is 4.26. The molecule has 5 aromatic carbocycles. The molecule has 7 rings (SSSR count). The topological polar surface area (TPSA) is 56.5 Å². The molecule has 7 aromatic rings. The normalized spacial score (nSPS) is 14.7. The first-order valence-electron chi connectivity index (χ1n) is 17.0. The minimum atomic E-state index is -0.611. The molecular weight excluding hydrogens is 478 g/mol. The van der Waals surface area contributed by atoms with E-state index in [1.807, 2.05) is 71.3 Å². The summed E-state index contributed by atoms with van der Waals surface area (Å²) >= 11 is 0. The first-order chi connectivity index (χ1) is 23.5. The van der Waals surface area contributed by atoms with E-state index in [-0.39, 0.29) is 28.6 Å². The van der Waals surface area contributed by atoms with E-state index in [9.17, 15) is 0 Å². The van der Waals surface area contributed by atoms with Crippen molar-refractivity contribution in [3.05, 3.63) is 139 Å². The molecule has 0 aliphatic rings. The molecule has 0 aliphatic carbocycles. The third-order valence-corrected chi connectivity index (χ3v) is 6.06. The van der Waals surface area contributed by atoms with E-state index >= 15 is 0 Å². The van der Waals surface area contributed by atoms with Crippen LogP contribution in [0.5, 0.6) is 0 Å². The van der Waals surface area contributed by atoms with Crippen molar-refractivity contribution < 1.29 is 13.7 Å². The summed E-state index contributed by atoms with van der Waals surface area (Å²) in [5, 5.41) is 0. The SMILES string of the molecule is [2H]c1c([2H])c([2H])c(-c2nc(-c3ccccc3-n3c(-c4ccccc4)nc4ccccc43)nc(-c3c([2H])c([2H])c([2H])c([2H])c3[2H])n2)c([2H])c1[2H]. The van der Waals surface area contributed by atoms with Gasteiger partial charge in [-0.3, -0.25) is 4.57 Å². The van der Waals surface area contributed by atoms with Gasteiger partial charge in [-0.2, -0.15) is 0 Å². The van der Waals surface area contributed by atoms with Crippen LogP contribution in [0.25, 0.3) is 62.3 Å². The molecule has 0 saturated heterocycles. The van der Waals surface area contributed by atoms with Crippen LogP contribution in [-0.4, -0.2) is 24.5 Å². The van der Waals surface area contributed by atoms with Gasteiger partial charge in [-0.05, 0) is 24.3 Å². The summed E-state index contributed by atoms with van der Waals surface area (Å²) in [6.07, 6.45) is 0. The zero-order chi connectivity index (χ0) is 34.7. The maximum atomic E-state index is 8.63. The highest BCUT2D eigenvalue weighted by atomic mass is 15.1. The fraction of sp³-hybridized carbons (Fsp3) is 0. The molecule has 39 heavy (non-hydrogen) atoms. The fourth-order valence-electron chi connectivity index (χ4n) is 4.35. The Kier molecular flexibility index (Phi) is 3.64. The maximum absolute atomic E-state index is 8.63. The monoisotopic (exact) mass is 511 g/mol. The van der Waals surface area contributed by atoms with Crippen molar-refractivity contribution in [2.75, 3.05) is 0 Å². The minimum absolute atomic E-state index is 0.0361. The Morgan fingerprint density at radius 2 is 1.05 bits per heavy atom. The number of imidazole rings is 1. The van der Waals surface area contributed by atoms with Crippen molar-refractivity contribution >= 4 is 11.0 Å². The second kappa shape index (κ2) is 9.80. The second-order valence-corrected chi connectivity index (χ2v) is 8.45. The molecule has 5 heteroatoms. The Bertz CT molecular complexity index is 2320. The van der Waals surface area contributed by atoms with Crippen molar-refractivity contribution in [2.24, 2.45) is 0 Å². The molecule has 0 aliphatic heterocycles. The Hall–Kier alpha value is -5.42. The lowest BCUT2D eigenvalue weighted by atomic mass is 10.1. The summed E-state index contributed by atoms with van der Waals surface area (Å²) in [6.45, 7) is 0. The average Bonchev–Trinajstić information content (AvgIpc) is 3.51. The van der Waals surface area contributed by atoms with Gasteiger partial charge in [0.05, 0.1) is 30.4 Å². The van der Waals surface area contributed by atoms with E-state index in [4.69, 9.17) is 18.7 Å². The van der Waals surface area contributed by atoms with Crippen molar-refractivity contribution in [3.63, 3.8) is 0 Å². The largest absolute Gasteiger partial charge is 0.292 e. The summed E-state index contributed by atoms with van der Waals surface area (Å²) < 4.78 is 85.6. The second-order valence-electron chi connectivity index (χ2n) is 8.45. The summed E-state index contributed by atoms with van der Waals surface area (Å²) in [5.41, 5.74) is 2.61. The minimum Gasteiger partial charge on any atom is -0.292 e. The summed E-state index contributed by atoms with van der Waals surface area (Å²) in [5.74, 6) is -0.0965. The molecule has 184 valence electrons. The zero-order valence-corrected chi connectivity index (χ0v) is 20.2. The molecule has 0 saturated carbocycles. The Morgan fingerprint density at radius 1 is 0.487 bits per heavy atom. The van der Waals surface area contributed by atoms with Crippen molar-refractivity contribution in [3.8, 4) is 51.2 Å². The molecule has 5 nitrogen and oxygen atoms in total. The Labute approximate surface area is 240 Å². The van der Waals surface area contributed by atoms with E-state index in [0.29, 0.717) is 22.6 Å². The first-order valence-corrected chi connectivity index (χ1v) is 12.0. The number of nitrogens with zero attached hydrogens (tertiary/aromatic N) is 5. The van der Waals surface area contributed by atoms with Crippen molar-refractivity contribution in [1.82, 2.24) is 24.5 Å². The third-order valence-electron chi connectivity index (χ3n) is 6.06. The van der Waals surface area contributed by atoms with Crippen molar-refractivity contribution in [2.45, 2.75) is 0 Å². The number of hydrogen-bond acceptors (Lipinski definition) is 4. The Balaban J connectivity index is 1.58. The highest BCUT2D eigenvalue weighted by molar-refractivity contribution is 5.86. The van der Waals surface area contributed by atoms with Gasteiger partial charge in [0.2, 0.25) is 0 Å². The van der Waals surface area contributed by atoms with Crippen LogP contribution in [0.3, 0.4) is 0 Å². The van der Waals surface area contributed by atoms with Crippen LogP contribution in [0.1, 0.15) is 13.7 Å². The molecule has 0 spiro atoms. The molecular formula is C34H23N5. The van der Waals surface area contributed by atoms with Crippen LogP contribution in [0, 0.1) is 0 Å². The predicted octanol–water partition coefficient (Wildman–Crippen LogP) is 7.88. The van der Waals surface area contributed by atoms with E-state index in [2.05, 4.69) is 15.0 Å². The van der Waals surface area contributed by atoms with E-state index in [0.717, 1.165) is 11.1 Å². The number of rotatable bonds is 5. The van der Waals surface area contributed by atoms with Gasteiger partial charge in [0.15, 0.2) is 17.5 Å². The molecule has 0 unspecified atom stereocenters. The summed E-state index contributed by atoms with van der Waals surface area (Å²) in [6, 6.07) is 18.3. The lowest BCUT2D eigenvalue weighted by Crippen LogP contribution is -2.04. The summed E-state index contributed by atoms with van der Waals surface area (Å²) in [4.78, 5) is 18.6. The van der Waals surface area contributed by atoms with Gasteiger partial charge in [0, 0.05) is 22.3 Å². The van der Waals surface area contributed by atoms with Crippen molar-refractivity contribution in [1.29, 1.82) is 0 Å². The smallest absolute Gasteiger partial charge is 0.166 e. The zero-order valence-electron chi connectivity index (χ0n) is 30.2. The molecule has 2 heterocycles. The molecule has 0 bridgehead atoms. The number of benzene rings is 5. The van der Waals surface area contributed by atoms with Crippen LogP contribution in [0.15, 0.2) is 139 Å². The van der Waals surface area contributed by atoms with Gasteiger partial charge in [-0.15, -0.1) is 0 Å². The van der Waals surface area contributed by atoms with E-state index < -0.39 is 60.4 Å². The predicted molar refractivity (Wildman–Crippen MR) is 156 cm³/mol. The molecule has 0 amide bonds. The first kappa shape index (κ1) is 14.5. The molecule has 0 radical (unpaired) electrons. The molecule has 0 N–H and O–H groups in total. The van der Waals surface area contributed by atoms with Crippen LogP contribution in [0.4, 0.5) is 0 Å². The number of fused-ring (bicyclic) bond motifs is 1. The van der Waals surface area contributed by atoms with E-state index in [1.165, 1.54) is 0 Å². The van der Waals surface area contributed by atoms with Gasteiger partial charge in [-0.1, -0.05) is 115 Å². The number of hydrogen-bond donors (Lipinski definition) is 0. The van der Waals surface area contributed by atoms with Crippen LogP contribution in [-0.2, 0) is 0 Å². The average molecular weight is 512 g/mol. The lowest BCUT2D eigenvalue weighted by molar-refractivity contribution is 1.05.